The maximum Gasteiger partial charge on any atom is 0.274 e. The van der Waals surface area contributed by atoms with Gasteiger partial charge in [0.05, 0.1) is 14.2 Å². The minimum absolute atomic E-state index is 0.158. The van der Waals surface area contributed by atoms with Gasteiger partial charge in [-0.05, 0) is 89.7 Å². The van der Waals surface area contributed by atoms with Crippen LogP contribution in [0.5, 0.6) is 11.5 Å². The number of ether oxygens (including phenoxy) is 2. The number of aromatic nitrogens is 3. The van der Waals surface area contributed by atoms with Gasteiger partial charge in [-0.1, -0.05) is 42.5 Å². The summed E-state index contributed by atoms with van der Waals surface area (Å²) in [4.78, 5) is 44.7. The Kier molecular flexibility index (Phi) is 9.65. The average Bonchev–Trinajstić information content (AvgIpc) is 3.49. The van der Waals surface area contributed by atoms with Crippen LogP contribution in [0.4, 0.5) is 5.69 Å². The van der Waals surface area contributed by atoms with Crippen molar-refractivity contribution in [2.45, 2.75) is 19.4 Å². The molecule has 264 valence electrons. The Bertz CT molecular complexity index is 2530. The SMILES string of the molecule is COc1cc2c(cc1OC)CN(CCc1ccc(NC(=O)c3ccc(C=c4[nH]c(=O)c(=Cc5cn(C)c6ccccc56)n(C)c4=O)cc3)cc1)CC2. The number of carbonyl (C=O) groups is 1. The zero-order chi connectivity index (χ0) is 36.4. The number of amides is 1. The molecule has 1 aliphatic rings. The van der Waals surface area contributed by atoms with Crippen LogP contribution in [0.15, 0.2) is 101 Å². The van der Waals surface area contributed by atoms with E-state index < -0.39 is 0 Å². The number of nitrogens with zero attached hydrogens (tertiary/aromatic N) is 3. The van der Waals surface area contributed by atoms with Gasteiger partial charge in [0.2, 0.25) is 0 Å². The van der Waals surface area contributed by atoms with Gasteiger partial charge < -0.3 is 28.9 Å². The average molecular weight is 696 g/mol. The van der Waals surface area contributed by atoms with Crippen molar-refractivity contribution in [2.75, 3.05) is 32.6 Å². The number of hydrogen-bond acceptors (Lipinski definition) is 6. The van der Waals surface area contributed by atoms with Gasteiger partial charge in [-0.3, -0.25) is 19.3 Å². The highest BCUT2D eigenvalue weighted by Gasteiger charge is 2.19. The second-order valence-corrected chi connectivity index (χ2v) is 13.1. The first-order chi connectivity index (χ1) is 25.2. The van der Waals surface area contributed by atoms with E-state index in [0.717, 1.165) is 60.4 Å². The first-order valence-corrected chi connectivity index (χ1v) is 17.2. The Labute approximate surface area is 300 Å². The first kappa shape index (κ1) is 34.3. The summed E-state index contributed by atoms with van der Waals surface area (Å²) in [6.07, 6.45) is 7.15. The topological polar surface area (TPSA) is 111 Å². The van der Waals surface area contributed by atoms with Crippen LogP contribution in [0.2, 0.25) is 0 Å². The van der Waals surface area contributed by atoms with Gasteiger partial charge in [0.25, 0.3) is 17.0 Å². The van der Waals surface area contributed by atoms with Crippen LogP contribution in [0, 0.1) is 0 Å². The lowest BCUT2D eigenvalue weighted by Crippen LogP contribution is -2.52. The number of para-hydroxylation sites is 1. The maximum atomic E-state index is 13.3. The molecule has 0 atom stereocenters. The van der Waals surface area contributed by atoms with Crippen molar-refractivity contribution in [2.24, 2.45) is 14.1 Å². The number of methoxy groups -OCH3 is 2. The van der Waals surface area contributed by atoms with Crippen molar-refractivity contribution < 1.29 is 14.3 Å². The predicted octanol–water partition coefficient (Wildman–Crippen LogP) is 4.09. The largest absolute Gasteiger partial charge is 0.493 e. The molecule has 7 rings (SSSR count). The molecule has 1 amide bonds. The fourth-order valence-corrected chi connectivity index (χ4v) is 6.85. The maximum absolute atomic E-state index is 13.3. The van der Waals surface area contributed by atoms with Crippen molar-refractivity contribution in [1.29, 1.82) is 0 Å². The summed E-state index contributed by atoms with van der Waals surface area (Å²) >= 11 is 0. The molecule has 0 unspecified atom stereocenters. The van der Waals surface area contributed by atoms with E-state index in [1.807, 2.05) is 66.3 Å². The summed E-state index contributed by atoms with van der Waals surface area (Å²) in [5.74, 6) is 1.29. The van der Waals surface area contributed by atoms with E-state index in [4.69, 9.17) is 9.47 Å². The highest BCUT2D eigenvalue weighted by molar-refractivity contribution is 6.04. The third kappa shape index (κ3) is 7.06. The van der Waals surface area contributed by atoms with E-state index in [-0.39, 0.29) is 27.7 Å². The van der Waals surface area contributed by atoms with Crippen molar-refractivity contribution in [3.63, 3.8) is 0 Å². The quantitative estimate of drug-likeness (QED) is 0.236. The molecule has 4 aromatic carbocycles. The summed E-state index contributed by atoms with van der Waals surface area (Å²) in [7, 11) is 6.87. The molecule has 0 aliphatic carbocycles. The molecule has 0 saturated heterocycles. The molecule has 0 saturated carbocycles. The lowest BCUT2D eigenvalue weighted by atomic mass is 9.98. The minimum Gasteiger partial charge on any atom is -0.493 e. The third-order valence-electron chi connectivity index (χ3n) is 9.81. The van der Waals surface area contributed by atoms with Crippen molar-refractivity contribution in [3.05, 3.63) is 156 Å². The molecule has 0 radical (unpaired) electrons. The molecular weight excluding hydrogens is 654 g/mol. The molecule has 2 N–H and O–H groups in total. The number of carbonyl (C=O) groups excluding carboxylic acids is 1. The third-order valence-corrected chi connectivity index (χ3v) is 9.81. The Morgan fingerprint density at radius 1 is 0.885 bits per heavy atom. The molecular formula is C42H41N5O5. The van der Waals surface area contributed by atoms with Crippen LogP contribution < -0.4 is 36.6 Å². The zero-order valence-corrected chi connectivity index (χ0v) is 29.7. The summed E-state index contributed by atoms with van der Waals surface area (Å²) in [6, 6.07) is 26.9. The number of nitrogens with one attached hydrogen (secondary N) is 2. The lowest BCUT2D eigenvalue weighted by Gasteiger charge is -2.29. The molecule has 0 fully saturated rings. The smallest absolute Gasteiger partial charge is 0.274 e. The summed E-state index contributed by atoms with van der Waals surface area (Å²) in [6.45, 7) is 2.78. The predicted molar refractivity (Wildman–Crippen MR) is 205 cm³/mol. The zero-order valence-electron chi connectivity index (χ0n) is 29.7. The minimum atomic E-state index is -0.372. The second kappa shape index (κ2) is 14.6. The highest BCUT2D eigenvalue weighted by atomic mass is 16.5. The summed E-state index contributed by atoms with van der Waals surface area (Å²) < 4.78 is 14.3. The second-order valence-electron chi connectivity index (χ2n) is 13.1. The summed E-state index contributed by atoms with van der Waals surface area (Å²) in [5.41, 5.74) is 6.81. The summed E-state index contributed by atoms with van der Waals surface area (Å²) in [5, 5.41) is 4.38. The Morgan fingerprint density at radius 3 is 2.33 bits per heavy atom. The van der Waals surface area contributed by atoms with Crippen LogP contribution >= 0.6 is 0 Å². The van der Waals surface area contributed by atoms with E-state index in [1.54, 1.807) is 57.7 Å². The number of fused-ring (bicyclic) bond motifs is 2. The number of aromatic amines is 1. The van der Waals surface area contributed by atoms with Gasteiger partial charge >= 0.3 is 0 Å². The number of H-pyrrole nitrogens is 1. The fraction of sp³-hybridized carbons (Fsp3) is 0.214. The Balaban J connectivity index is 0.984. The van der Waals surface area contributed by atoms with Crippen LogP contribution in [-0.2, 0) is 33.5 Å². The number of benzene rings is 4. The monoisotopic (exact) mass is 695 g/mol. The van der Waals surface area contributed by atoms with E-state index in [2.05, 4.69) is 27.3 Å². The molecule has 10 heteroatoms. The van der Waals surface area contributed by atoms with Gasteiger partial charge in [-0.2, -0.15) is 0 Å². The molecule has 0 spiro atoms. The number of hydrogen-bond donors (Lipinski definition) is 2. The Morgan fingerprint density at radius 2 is 1.60 bits per heavy atom. The van der Waals surface area contributed by atoms with Gasteiger partial charge in [-0.15, -0.1) is 0 Å². The van der Waals surface area contributed by atoms with Crippen LogP contribution in [0.3, 0.4) is 0 Å². The van der Waals surface area contributed by atoms with Crippen LogP contribution in [0.25, 0.3) is 23.1 Å². The molecule has 3 heterocycles. The molecule has 1 aliphatic heterocycles. The van der Waals surface area contributed by atoms with Crippen molar-refractivity contribution in [3.8, 4) is 11.5 Å². The van der Waals surface area contributed by atoms with E-state index in [0.29, 0.717) is 16.8 Å². The highest BCUT2D eigenvalue weighted by Crippen LogP contribution is 2.33. The van der Waals surface area contributed by atoms with Crippen molar-refractivity contribution >= 4 is 34.6 Å². The van der Waals surface area contributed by atoms with Gasteiger partial charge in [0, 0.05) is 67.6 Å². The lowest BCUT2D eigenvalue weighted by molar-refractivity contribution is 0.102. The van der Waals surface area contributed by atoms with Crippen LogP contribution in [-0.4, -0.2) is 52.2 Å². The van der Waals surface area contributed by atoms with Gasteiger partial charge in [-0.25, -0.2) is 0 Å². The first-order valence-electron chi connectivity index (χ1n) is 17.2. The van der Waals surface area contributed by atoms with E-state index in [9.17, 15) is 14.4 Å². The van der Waals surface area contributed by atoms with Crippen LogP contribution in [0.1, 0.15) is 38.2 Å². The molecule has 6 aromatic rings. The number of aryl methyl sites for hydroxylation is 1. The Hall–Kier alpha value is -6.13. The number of anilines is 1. The van der Waals surface area contributed by atoms with E-state index in [1.165, 1.54) is 21.3 Å². The van der Waals surface area contributed by atoms with Gasteiger partial charge in [0.15, 0.2) is 11.5 Å². The van der Waals surface area contributed by atoms with Gasteiger partial charge in [0.1, 0.15) is 10.7 Å². The normalized spacial score (nSPS) is 13.7. The molecule has 0 bridgehead atoms. The van der Waals surface area contributed by atoms with Crippen molar-refractivity contribution in [1.82, 2.24) is 19.0 Å². The van der Waals surface area contributed by atoms with E-state index >= 15 is 0 Å². The molecule has 10 nitrogen and oxygen atoms in total. The molecule has 52 heavy (non-hydrogen) atoms. The number of rotatable bonds is 9. The standard InChI is InChI=1S/C42H41N5O5/c1-45-25-32(34-7-5-6-8-36(34)45)22-37-41(49)44-35(42(50)46(37)2)21-28-9-13-29(14-10-28)40(48)43-33-15-11-27(12-16-33)17-19-47-20-18-30-23-38(51-3)39(52-4)24-31(30)26-47/h5-16,21-25H,17-20,26H2,1-4H3,(H,43,48)(H,44,49). The molecule has 2 aromatic heterocycles. The fourth-order valence-electron chi connectivity index (χ4n) is 6.85.